The van der Waals surface area contributed by atoms with Gasteiger partial charge in [0.2, 0.25) is 0 Å². The van der Waals surface area contributed by atoms with E-state index in [2.05, 4.69) is 37.3 Å². The quantitative estimate of drug-likeness (QED) is 0.260. The van der Waals surface area contributed by atoms with E-state index in [0.717, 1.165) is 18.6 Å². The Morgan fingerprint density at radius 1 is 0.818 bits per heavy atom. The Bertz CT molecular complexity index is 373. The van der Waals surface area contributed by atoms with Crippen molar-refractivity contribution in [1.82, 2.24) is 0 Å². The highest BCUT2D eigenvalue weighted by Crippen LogP contribution is 2.09. The Labute approximate surface area is 137 Å². The van der Waals surface area contributed by atoms with Gasteiger partial charge in [0.15, 0.2) is 0 Å². The summed E-state index contributed by atoms with van der Waals surface area (Å²) in [4.78, 5) is 0. The van der Waals surface area contributed by atoms with E-state index in [1.807, 2.05) is 6.07 Å². The lowest BCUT2D eigenvalue weighted by Gasteiger charge is -1.97. The predicted octanol–water partition coefficient (Wildman–Crippen LogP) is 7.25. The molecule has 0 saturated carbocycles. The number of furan rings is 1. The third-order valence-electron chi connectivity index (χ3n) is 3.95. The summed E-state index contributed by atoms with van der Waals surface area (Å²) in [6.07, 6.45) is 26.4. The highest BCUT2D eigenvalue weighted by molar-refractivity contribution is 4.97. The second kappa shape index (κ2) is 14.7. The first-order valence-corrected chi connectivity index (χ1v) is 9.26. The molecule has 0 aliphatic carbocycles. The minimum atomic E-state index is 1.08. The number of aryl methyl sites for hydroxylation is 1. The van der Waals surface area contributed by atoms with Crippen LogP contribution in [0.15, 0.2) is 47.1 Å². The van der Waals surface area contributed by atoms with Gasteiger partial charge in [0, 0.05) is 6.42 Å². The number of hydrogen-bond acceptors (Lipinski definition) is 1. The van der Waals surface area contributed by atoms with Crippen molar-refractivity contribution < 1.29 is 4.42 Å². The van der Waals surface area contributed by atoms with Gasteiger partial charge in [0.25, 0.3) is 0 Å². The van der Waals surface area contributed by atoms with Crippen LogP contribution in [0.3, 0.4) is 0 Å². The maximum atomic E-state index is 5.33. The number of hydrogen-bond donors (Lipinski definition) is 0. The van der Waals surface area contributed by atoms with E-state index < -0.39 is 0 Å². The standard InChI is InChI=1S/C21H34O/c1-2-3-4-5-6-7-8-9-10-11-12-13-14-15-16-18-21-19-17-20-22-21/h8-9,11-12,17,19-20H,2-7,10,13-16,18H2,1H3/b9-8-,12-11?. The molecule has 0 saturated heterocycles. The van der Waals surface area contributed by atoms with E-state index in [1.165, 1.54) is 64.2 Å². The fourth-order valence-electron chi connectivity index (χ4n) is 2.57. The van der Waals surface area contributed by atoms with E-state index in [4.69, 9.17) is 4.42 Å². The van der Waals surface area contributed by atoms with Crippen LogP contribution in [0.25, 0.3) is 0 Å². The molecule has 0 amide bonds. The zero-order valence-corrected chi connectivity index (χ0v) is 14.4. The van der Waals surface area contributed by atoms with Crippen molar-refractivity contribution >= 4 is 0 Å². The molecule has 1 rings (SSSR count). The molecule has 0 bridgehead atoms. The van der Waals surface area contributed by atoms with Gasteiger partial charge in [-0.05, 0) is 50.7 Å². The van der Waals surface area contributed by atoms with E-state index in [1.54, 1.807) is 6.26 Å². The Balaban J connectivity index is 1.81. The molecule has 124 valence electrons. The highest BCUT2D eigenvalue weighted by Gasteiger charge is 1.94. The van der Waals surface area contributed by atoms with Crippen molar-refractivity contribution in [3.63, 3.8) is 0 Å². The zero-order chi connectivity index (χ0) is 15.7. The Morgan fingerprint density at radius 2 is 1.50 bits per heavy atom. The van der Waals surface area contributed by atoms with Gasteiger partial charge >= 0.3 is 0 Å². The van der Waals surface area contributed by atoms with E-state index >= 15 is 0 Å². The molecule has 22 heavy (non-hydrogen) atoms. The van der Waals surface area contributed by atoms with Crippen molar-refractivity contribution in [2.45, 2.75) is 84.0 Å². The molecule has 0 aliphatic heterocycles. The maximum absolute atomic E-state index is 5.33. The third-order valence-corrected chi connectivity index (χ3v) is 3.95. The van der Waals surface area contributed by atoms with Gasteiger partial charge in [-0.3, -0.25) is 0 Å². The lowest BCUT2D eigenvalue weighted by Crippen LogP contribution is -1.82. The van der Waals surface area contributed by atoms with Crippen LogP contribution >= 0.6 is 0 Å². The van der Waals surface area contributed by atoms with Gasteiger partial charge in [0.1, 0.15) is 5.76 Å². The first kappa shape index (κ1) is 18.8. The first-order chi connectivity index (χ1) is 10.9. The third kappa shape index (κ3) is 11.4. The van der Waals surface area contributed by atoms with Crippen molar-refractivity contribution in [2.24, 2.45) is 0 Å². The molecule has 0 atom stereocenters. The molecular formula is C21H34O. The summed E-state index contributed by atoms with van der Waals surface area (Å²) < 4.78 is 5.33. The van der Waals surface area contributed by atoms with Gasteiger partial charge in [-0.15, -0.1) is 0 Å². The highest BCUT2D eigenvalue weighted by atomic mass is 16.3. The normalized spacial score (nSPS) is 11.9. The van der Waals surface area contributed by atoms with Crippen molar-refractivity contribution in [2.75, 3.05) is 0 Å². The second-order valence-electron chi connectivity index (χ2n) is 6.06. The SMILES string of the molecule is CCCCCCC/C=C\CC=CCCCCCc1ccco1. The van der Waals surface area contributed by atoms with Crippen molar-refractivity contribution in [3.05, 3.63) is 48.5 Å². The van der Waals surface area contributed by atoms with Gasteiger partial charge in [-0.2, -0.15) is 0 Å². The molecule has 1 aromatic heterocycles. The summed E-state index contributed by atoms with van der Waals surface area (Å²) in [5.74, 6) is 1.12. The maximum Gasteiger partial charge on any atom is 0.103 e. The van der Waals surface area contributed by atoms with E-state index in [9.17, 15) is 0 Å². The molecule has 0 radical (unpaired) electrons. The molecule has 0 spiro atoms. The fraction of sp³-hybridized carbons (Fsp3) is 0.619. The summed E-state index contributed by atoms with van der Waals surface area (Å²) >= 11 is 0. The molecule has 1 heterocycles. The predicted molar refractivity (Wildman–Crippen MR) is 97.2 cm³/mol. The number of unbranched alkanes of at least 4 members (excludes halogenated alkanes) is 8. The van der Waals surface area contributed by atoms with Crippen LogP contribution in [0.2, 0.25) is 0 Å². The Kier molecular flexibility index (Phi) is 12.6. The molecule has 0 fully saturated rings. The molecule has 0 unspecified atom stereocenters. The van der Waals surface area contributed by atoms with Crippen LogP contribution in [0.1, 0.15) is 83.3 Å². The van der Waals surface area contributed by atoms with Gasteiger partial charge in [-0.1, -0.05) is 63.3 Å². The topological polar surface area (TPSA) is 13.1 Å². The van der Waals surface area contributed by atoms with Gasteiger partial charge in [0.05, 0.1) is 6.26 Å². The van der Waals surface area contributed by atoms with Crippen LogP contribution in [0.5, 0.6) is 0 Å². The molecular weight excluding hydrogens is 268 g/mol. The average Bonchev–Trinajstić information content (AvgIpc) is 3.04. The monoisotopic (exact) mass is 302 g/mol. The largest absolute Gasteiger partial charge is 0.469 e. The van der Waals surface area contributed by atoms with E-state index in [-0.39, 0.29) is 0 Å². The van der Waals surface area contributed by atoms with Gasteiger partial charge < -0.3 is 4.42 Å². The number of allylic oxidation sites excluding steroid dienone is 4. The molecule has 0 aromatic carbocycles. The Morgan fingerprint density at radius 3 is 2.14 bits per heavy atom. The van der Waals surface area contributed by atoms with E-state index in [0.29, 0.717) is 0 Å². The van der Waals surface area contributed by atoms with Crippen LogP contribution in [0.4, 0.5) is 0 Å². The summed E-state index contributed by atoms with van der Waals surface area (Å²) in [7, 11) is 0. The molecule has 1 heteroatoms. The fourth-order valence-corrected chi connectivity index (χ4v) is 2.57. The van der Waals surface area contributed by atoms with Crippen LogP contribution in [-0.4, -0.2) is 0 Å². The molecule has 1 aromatic rings. The lowest BCUT2D eigenvalue weighted by molar-refractivity contribution is 0.495. The average molecular weight is 303 g/mol. The van der Waals surface area contributed by atoms with Crippen LogP contribution in [-0.2, 0) is 6.42 Å². The van der Waals surface area contributed by atoms with Gasteiger partial charge in [-0.25, -0.2) is 0 Å². The van der Waals surface area contributed by atoms with Crippen molar-refractivity contribution in [1.29, 1.82) is 0 Å². The molecule has 1 nitrogen and oxygen atoms in total. The first-order valence-electron chi connectivity index (χ1n) is 9.26. The lowest BCUT2D eigenvalue weighted by atomic mass is 10.1. The Hall–Kier alpha value is -1.24. The second-order valence-corrected chi connectivity index (χ2v) is 6.06. The minimum absolute atomic E-state index is 1.08. The minimum Gasteiger partial charge on any atom is -0.469 e. The number of rotatable bonds is 14. The smallest absolute Gasteiger partial charge is 0.103 e. The summed E-state index contributed by atoms with van der Waals surface area (Å²) in [5.41, 5.74) is 0. The summed E-state index contributed by atoms with van der Waals surface area (Å²) in [6, 6.07) is 4.03. The zero-order valence-electron chi connectivity index (χ0n) is 14.4. The van der Waals surface area contributed by atoms with Crippen molar-refractivity contribution in [3.8, 4) is 0 Å². The molecule has 0 N–H and O–H groups in total. The molecule has 0 aliphatic rings. The summed E-state index contributed by atoms with van der Waals surface area (Å²) in [6.45, 7) is 2.27. The van der Waals surface area contributed by atoms with Crippen LogP contribution < -0.4 is 0 Å². The summed E-state index contributed by atoms with van der Waals surface area (Å²) in [5, 5.41) is 0. The van der Waals surface area contributed by atoms with Crippen LogP contribution in [0, 0.1) is 0 Å².